The number of pyridine rings is 1. The quantitative estimate of drug-likeness (QED) is 0.708. The summed E-state index contributed by atoms with van der Waals surface area (Å²) in [5, 5.41) is 7.40. The van der Waals surface area contributed by atoms with E-state index in [-0.39, 0.29) is 11.9 Å². The van der Waals surface area contributed by atoms with Crippen molar-refractivity contribution in [2.45, 2.75) is 26.8 Å². The number of carbonyl (C=O) groups excluding carboxylic acids is 1. The molecule has 0 saturated heterocycles. The number of nitrogens with zero attached hydrogens (tertiary/aromatic N) is 2. The maximum absolute atomic E-state index is 11.0. The number of rotatable bonds is 7. The lowest BCUT2D eigenvalue weighted by molar-refractivity contribution is -0.119. The molecule has 0 spiro atoms. The number of fused-ring (bicyclic) bond motifs is 1. The fraction of sp³-hybridized carbons (Fsp3) is 0.300. The Labute approximate surface area is 152 Å². The van der Waals surface area contributed by atoms with E-state index in [4.69, 9.17) is 9.47 Å². The van der Waals surface area contributed by atoms with Crippen molar-refractivity contribution >= 4 is 11.4 Å². The number of nitrogens with one attached hydrogen (secondary N) is 1. The number of hydrogen-bond donors (Lipinski definition) is 1. The van der Waals surface area contributed by atoms with Crippen molar-refractivity contribution in [3.8, 4) is 22.8 Å². The third-order valence-corrected chi connectivity index (χ3v) is 3.84. The van der Waals surface area contributed by atoms with Gasteiger partial charge in [0.05, 0.1) is 30.1 Å². The van der Waals surface area contributed by atoms with Crippen LogP contribution in [0.5, 0.6) is 11.5 Å². The molecule has 1 N–H and O–H groups in total. The van der Waals surface area contributed by atoms with E-state index in [1.54, 1.807) is 0 Å². The van der Waals surface area contributed by atoms with E-state index in [0.29, 0.717) is 13.2 Å². The van der Waals surface area contributed by atoms with Gasteiger partial charge in [-0.1, -0.05) is 0 Å². The van der Waals surface area contributed by atoms with Crippen LogP contribution in [0.15, 0.2) is 48.7 Å². The molecule has 3 rings (SSSR count). The van der Waals surface area contributed by atoms with Crippen LogP contribution in [0, 0.1) is 0 Å². The molecule has 0 aliphatic carbocycles. The average Bonchev–Trinajstić information content (AvgIpc) is 3.03. The van der Waals surface area contributed by atoms with Crippen LogP contribution in [0.1, 0.15) is 20.8 Å². The molecule has 1 amide bonds. The molecule has 26 heavy (non-hydrogen) atoms. The van der Waals surface area contributed by atoms with E-state index in [9.17, 15) is 4.79 Å². The minimum absolute atomic E-state index is 0.0369. The molecule has 0 unspecified atom stereocenters. The Bertz CT molecular complexity index is 887. The first-order chi connectivity index (χ1) is 12.5. The van der Waals surface area contributed by atoms with Crippen molar-refractivity contribution < 1.29 is 14.3 Å². The van der Waals surface area contributed by atoms with Crippen LogP contribution in [0.3, 0.4) is 0 Å². The summed E-state index contributed by atoms with van der Waals surface area (Å²) in [6.07, 6.45) is 1.88. The van der Waals surface area contributed by atoms with Crippen molar-refractivity contribution in [2.75, 3.05) is 13.2 Å². The van der Waals surface area contributed by atoms with Crippen molar-refractivity contribution in [3.63, 3.8) is 0 Å². The predicted molar refractivity (Wildman–Crippen MR) is 101 cm³/mol. The third-order valence-electron chi connectivity index (χ3n) is 3.84. The molecule has 2 aromatic heterocycles. The highest BCUT2D eigenvalue weighted by Crippen LogP contribution is 2.24. The van der Waals surface area contributed by atoms with Crippen LogP contribution in [0.4, 0.5) is 0 Å². The Balaban J connectivity index is 1.70. The Hall–Kier alpha value is -3.02. The lowest BCUT2D eigenvalue weighted by atomic mass is 10.1. The predicted octanol–water partition coefficient (Wildman–Crippen LogP) is 3.30. The zero-order valence-corrected chi connectivity index (χ0v) is 15.2. The highest BCUT2D eigenvalue weighted by molar-refractivity contribution is 5.73. The van der Waals surface area contributed by atoms with Gasteiger partial charge in [-0.15, -0.1) is 0 Å². The highest BCUT2D eigenvalue weighted by atomic mass is 16.5. The molecule has 2 heterocycles. The zero-order chi connectivity index (χ0) is 18.5. The molecular weight excluding hydrogens is 330 g/mol. The maximum atomic E-state index is 11.0. The second-order valence-electron chi connectivity index (χ2n) is 6.13. The SMILES string of the molecule is CCOc1ccc2cc(-c3ccc(OC[C@H](C)NC(C)=O)cc3)nn2c1. The Morgan fingerprint density at radius 1 is 1.15 bits per heavy atom. The van der Waals surface area contributed by atoms with Gasteiger partial charge >= 0.3 is 0 Å². The third kappa shape index (κ3) is 4.33. The molecular formula is C20H23N3O3. The average molecular weight is 353 g/mol. The number of carbonyl (C=O) groups is 1. The normalized spacial score (nSPS) is 12.0. The van der Waals surface area contributed by atoms with Gasteiger partial charge in [0.15, 0.2) is 0 Å². The summed E-state index contributed by atoms with van der Waals surface area (Å²) in [6, 6.07) is 13.7. The molecule has 1 atom stereocenters. The van der Waals surface area contributed by atoms with E-state index in [0.717, 1.165) is 28.3 Å². The Morgan fingerprint density at radius 2 is 1.88 bits per heavy atom. The lowest BCUT2D eigenvalue weighted by Crippen LogP contribution is -2.35. The van der Waals surface area contributed by atoms with Crippen LogP contribution in [0.25, 0.3) is 16.8 Å². The topological polar surface area (TPSA) is 64.9 Å². The summed E-state index contributed by atoms with van der Waals surface area (Å²) in [5.74, 6) is 1.50. The van der Waals surface area contributed by atoms with Crippen LogP contribution in [-0.4, -0.2) is 34.8 Å². The fourth-order valence-electron chi connectivity index (χ4n) is 2.69. The number of ether oxygens (including phenoxy) is 2. The fourth-order valence-corrected chi connectivity index (χ4v) is 2.69. The molecule has 6 nitrogen and oxygen atoms in total. The Kier molecular flexibility index (Phi) is 5.41. The van der Waals surface area contributed by atoms with Crippen molar-refractivity contribution in [2.24, 2.45) is 0 Å². The standard InChI is InChI=1S/C20H23N3O3/c1-4-25-19-10-7-17-11-20(22-23(17)12-19)16-5-8-18(9-6-16)26-13-14(2)21-15(3)24/h5-12,14H,4,13H2,1-3H3,(H,21,24)/t14-/m0/s1. The molecule has 0 saturated carbocycles. The van der Waals surface area contributed by atoms with Gasteiger partial charge in [0.1, 0.15) is 18.1 Å². The second-order valence-corrected chi connectivity index (χ2v) is 6.13. The van der Waals surface area contributed by atoms with E-state index in [1.807, 2.05) is 67.0 Å². The van der Waals surface area contributed by atoms with Crippen molar-refractivity contribution in [1.82, 2.24) is 14.9 Å². The lowest BCUT2D eigenvalue weighted by Gasteiger charge is -2.13. The van der Waals surface area contributed by atoms with E-state index < -0.39 is 0 Å². The highest BCUT2D eigenvalue weighted by Gasteiger charge is 2.07. The first-order valence-corrected chi connectivity index (χ1v) is 8.67. The van der Waals surface area contributed by atoms with Gasteiger partial charge in [-0.2, -0.15) is 5.10 Å². The van der Waals surface area contributed by atoms with E-state index in [2.05, 4.69) is 10.4 Å². The van der Waals surface area contributed by atoms with Crippen LogP contribution >= 0.6 is 0 Å². The van der Waals surface area contributed by atoms with Gasteiger partial charge in [-0.3, -0.25) is 4.79 Å². The van der Waals surface area contributed by atoms with Gasteiger partial charge in [0.25, 0.3) is 0 Å². The first kappa shape index (κ1) is 17.8. The summed E-state index contributed by atoms with van der Waals surface area (Å²) >= 11 is 0. The van der Waals surface area contributed by atoms with Crippen LogP contribution < -0.4 is 14.8 Å². The minimum Gasteiger partial charge on any atom is -0.492 e. The summed E-state index contributed by atoms with van der Waals surface area (Å²) < 4.78 is 13.0. The number of hydrogen-bond acceptors (Lipinski definition) is 4. The molecule has 0 aliphatic rings. The second kappa shape index (κ2) is 7.91. The molecule has 136 valence electrons. The molecule has 6 heteroatoms. The zero-order valence-electron chi connectivity index (χ0n) is 15.2. The minimum atomic E-state index is -0.0595. The molecule has 0 radical (unpaired) electrons. The Morgan fingerprint density at radius 3 is 2.58 bits per heavy atom. The summed E-state index contributed by atoms with van der Waals surface area (Å²) in [6.45, 7) is 6.41. The molecule has 3 aromatic rings. The van der Waals surface area contributed by atoms with E-state index in [1.165, 1.54) is 6.92 Å². The summed E-state index contributed by atoms with van der Waals surface area (Å²) in [7, 11) is 0. The molecule has 0 fully saturated rings. The summed E-state index contributed by atoms with van der Waals surface area (Å²) in [5.41, 5.74) is 2.90. The largest absolute Gasteiger partial charge is 0.492 e. The van der Waals surface area contributed by atoms with Gasteiger partial charge in [0.2, 0.25) is 5.91 Å². The number of amides is 1. The smallest absolute Gasteiger partial charge is 0.217 e. The number of benzene rings is 1. The molecule has 0 bridgehead atoms. The monoisotopic (exact) mass is 353 g/mol. The van der Waals surface area contributed by atoms with Crippen molar-refractivity contribution in [1.29, 1.82) is 0 Å². The van der Waals surface area contributed by atoms with Gasteiger partial charge in [0, 0.05) is 12.5 Å². The van der Waals surface area contributed by atoms with E-state index >= 15 is 0 Å². The molecule has 0 aliphatic heterocycles. The maximum Gasteiger partial charge on any atom is 0.217 e. The summed E-state index contributed by atoms with van der Waals surface area (Å²) in [4.78, 5) is 11.0. The number of aromatic nitrogens is 2. The molecule has 1 aromatic carbocycles. The van der Waals surface area contributed by atoms with Gasteiger partial charge < -0.3 is 14.8 Å². The van der Waals surface area contributed by atoms with Gasteiger partial charge in [-0.25, -0.2) is 4.52 Å². The van der Waals surface area contributed by atoms with Crippen LogP contribution in [0.2, 0.25) is 0 Å². The van der Waals surface area contributed by atoms with Gasteiger partial charge in [-0.05, 0) is 56.3 Å². The first-order valence-electron chi connectivity index (χ1n) is 8.67. The van der Waals surface area contributed by atoms with Crippen molar-refractivity contribution in [3.05, 3.63) is 48.7 Å². The van der Waals surface area contributed by atoms with Crippen LogP contribution in [-0.2, 0) is 4.79 Å².